The van der Waals surface area contributed by atoms with E-state index in [4.69, 9.17) is 5.21 Å². The average molecular weight is 296 g/mol. The quantitative estimate of drug-likeness (QED) is 0.483. The van der Waals surface area contributed by atoms with E-state index in [0.717, 1.165) is 25.0 Å². The van der Waals surface area contributed by atoms with Crippen molar-refractivity contribution < 1.29 is 19.8 Å². The molecule has 1 aromatic carbocycles. The summed E-state index contributed by atoms with van der Waals surface area (Å²) in [6, 6.07) is 1.85. The summed E-state index contributed by atoms with van der Waals surface area (Å²) in [5.74, 6) is -1.05. The number of hydrogen-bond acceptors (Lipinski definition) is 7. The standard InChI is InChI=1S/C11H12N4O6/c16-11(12-17)7-5-8(14(18)19)10(9(6-7)15(20)21)13-3-1-2-4-13/h5-6,17H,1-4H2,(H,12,16). The number of nitrogens with zero attached hydrogens (tertiary/aromatic N) is 3. The number of carbonyl (C=O) groups is 1. The van der Waals surface area contributed by atoms with Gasteiger partial charge in [-0.1, -0.05) is 0 Å². The first-order chi connectivity index (χ1) is 9.95. The maximum absolute atomic E-state index is 11.4. The minimum Gasteiger partial charge on any atom is -0.360 e. The molecule has 0 atom stereocenters. The number of nitro benzene ring substituents is 2. The first-order valence-corrected chi connectivity index (χ1v) is 6.12. The molecule has 0 bridgehead atoms. The fourth-order valence-electron chi connectivity index (χ4n) is 2.34. The van der Waals surface area contributed by atoms with Crippen molar-refractivity contribution in [2.75, 3.05) is 18.0 Å². The maximum Gasteiger partial charge on any atom is 0.300 e. The summed E-state index contributed by atoms with van der Waals surface area (Å²) in [6.45, 7) is 0.959. The predicted molar refractivity (Wildman–Crippen MR) is 70.5 cm³/mol. The van der Waals surface area contributed by atoms with E-state index < -0.39 is 27.1 Å². The summed E-state index contributed by atoms with van der Waals surface area (Å²) in [6.07, 6.45) is 1.57. The highest BCUT2D eigenvalue weighted by molar-refractivity contribution is 5.97. The summed E-state index contributed by atoms with van der Waals surface area (Å²) in [5.41, 5.74) is -0.190. The van der Waals surface area contributed by atoms with Crippen molar-refractivity contribution in [2.45, 2.75) is 12.8 Å². The third kappa shape index (κ3) is 2.74. The third-order valence-corrected chi connectivity index (χ3v) is 3.25. The number of hydrogen-bond donors (Lipinski definition) is 2. The van der Waals surface area contributed by atoms with Crippen LogP contribution in [0.2, 0.25) is 0 Å². The molecule has 0 spiro atoms. The second-order valence-electron chi connectivity index (χ2n) is 4.51. The Kier molecular flexibility index (Phi) is 3.98. The number of nitro groups is 2. The van der Waals surface area contributed by atoms with E-state index in [2.05, 4.69) is 0 Å². The largest absolute Gasteiger partial charge is 0.360 e. The van der Waals surface area contributed by atoms with Gasteiger partial charge in [0.25, 0.3) is 17.3 Å². The molecule has 1 aliphatic heterocycles. The van der Waals surface area contributed by atoms with Gasteiger partial charge in [-0.15, -0.1) is 0 Å². The lowest BCUT2D eigenvalue weighted by Gasteiger charge is -2.17. The topological polar surface area (TPSA) is 139 Å². The van der Waals surface area contributed by atoms with Crippen molar-refractivity contribution >= 4 is 23.0 Å². The van der Waals surface area contributed by atoms with Gasteiger partial charge >= 0.3 is 0 Å². The van der Waals surface area contributed by atoms with Gasteiger partial charge in [0.05, 0.1) is 15.4 Å². The maximum atomic E-state index is 11.4. The number of hydroxylamine groups is 1. The molecule has 0 saturated carbocycles. The summed E-state index contributed by atoms with van der Waals surface area (Å²) >= 11 is 0. The van der Waals surface area contributed by atoms with Gasteiger partial charge in [-0.3, -0.25) is 30.2 Å². The summed E-state index contributed by atoms with van der Waals surface area (Å²) in [4.78, 5) is 33.8. The Morgan fingerprint density at radius 3 is 2.00 bits per heavy atom. The normalized spacial score (nSPS) is 14.0. The smallest absolute Gasteiger partial charge is 0.300 e. The van der Waals surface area contributed by atoms with Crippen molar-refractivity contribution in [3.05, 3.63) is 37.9 Å². The third-order valence-electron chi connectivity index (χ3n) is 3.25. The number of anilines is 1. The Labute approximate surface area is 118 Å². The lowest BCUT2D eigenvalue weighted by molar-refractivity contribution is -0.392. The van der Waals surface area contributed by atoms with E-state index in [9.17, 15) is 25.0 Å². The summed E-state index contributed by atoms with van der Waals surface area (Å²) < 4.78 is 0. The molecule has 0 aromatic heterocycles. The highest BCUT2D eigenvalue weighted by Gasteiger charge is 2.33. The van der Waals surface area contributed by atoms with E-state index in [-0.39, 0.29) is 11.3 Å². The van der Waals surface area contributed by atoms with E-state index in [0.29, 0.717) is 13.1 Å². The zero-order valence-electron chi connectivity index (χ0n) is 10.8. The molecule has 112 valence electrons. The first-order valence-electron chi connectivity index (χ1n) is 6.12. The lowest BCUT2D eigenvalue weighted by Crippen LogP contribution is -2.22. The number of benzene rings is 1. The Balaban J connectivity index is 2.67. The Morgan fingerprint density at radius 2 is 1.62 bits per heavy atom. The number of rotatable bonds is 4. The molecule has 2 N–H and O–H groups in total. The van der Waals surface area contributed by atoms with Crippen LogP contribution in [0.3, 0.4) is 0 Å². The SMILES string of the molecule is O=C(NO)c1cc([N+](=O)[O-])c(N2CCCC2)c([N+](=O)[O-])c1. The van der Waals surface area contributed by atoms with Crippen molar-refractivity contribution in [1.82, 2.24) is 5.48 Å². The van der Waals surface area contributed by atoms with Crippen LogP contribution in [0.25, 0.3) is 0 Å². The number of amides is 1. The molecule has 0 aliphatic carbocycles. The summed E-state index contributed by atoms with van der Waals surface area (Å²) in [7, 11) is 0. The van der Waals surface area contributed by atoms with E-state index in [1.54, 1.807) is 4.90 Å². The molecule has 2 rings (SSSR count). The van der Waals surface area contributed by atoms with Gasteiger partial charge in [-0.2, -0.15) is 0 Å². The van der Waals surface area contributed by atoms with Gasteiger partial charge in [0, 0.05) is 25.2 Å². The molecule has 1 amide bonds. The highest BCUT2D eigenvalue weighted by Crippen LogP contribution is 2.40. The molecule has 1 heterocycles. The van der Waals surface area contributed by atoms with Gasteiger partial charge in [0.15, 0.2) is 5.69 Å². The van der Waals surface area contributed by atoms with Gasteiger partial charge in [-0.05, 0) is 12.8 Å². The minimum atomic E-state index is -1.05. The number of nitrogens with one attached hydrogen (secondary N) is 1. The Morgan fingerprint density at radius 1 is 1.14 bits per heavy atom. The fraction of sp³-hybridized carbons (Fsp3) is 0.364. The monoisotopic (exact) mass is 296 g/mol. The van der Waals surface area contributed by atoms with Gasteiger partial charge in [0.2, 0.25) is 0 Å². The molecular formula is C11H12N4O6. The van der Waals surface area contributed by atoms with Gasteiger partial charge in [0.1, 0.15) is 0 Å². The Bertz CT molecular complexity index is 576. The van der Waals surface area contributed by atoms with Crippen molar-refractivity contribution in [2.24, 2.45) is 0 Å². The molecule has 21 heavy (non-hydrogen) atoms. The molecule has 0 radical (unpaired) electrons. The van der Waals surface area contributed by atoms with Crippen LogP contribution >= 0.6 is 0 Å². The van der Waals surface area contributed by atoms with Crippen LogP contribution in [0.5, 0.6) is 0 Å². The molecule has 10 nitrogen and oxygen atoms in total. The van der Waals surface area contributed by atoms with E-state index in [1.807, 2.05) is 0 Å². The molecule has 10 heteroatoms. The molecule has 1 fully saturated rings. The van der Waals surface area contributed by atoms with Crippen LogP contribution in [0, 0.1) is 20.2 Å². The van der Waals surface area contributed by atoms with Crippen molar-refractivity contribution in [3.8, 4) is 0 Å². The van der Waals surface area contributed by atoms with Crippen LogP contribution in [0.1, 0.15) is 23.2 Å². The minimum absolute atomic E-state index is 0.100. The molecule has 1 saturated heterocycles. The molecule has 1 aliphatic rings. The zero-order valence-corrected chi connectivity index (χ0v) is 10.8. The first kappa shape index (κ1) is 14.7. The molecule has 0 unspecified atom stereocenters. The van der Waals surface area contributed by atoms with Crippen LogP contribution < -0.4 is 10.4 Å². The fourth-order valence-corrected chi connectivity index (χ4v) is 2.34. The zero-order chi connectivity index (χ0) is 15.6. The van der Waals surface area contributed by atoms with Crippen molar-refractivity contribution in [3.63, 3.8) is 0 Å². The van der Waals surface area contributed by atoms with Crippen LogP contribution in [0.15, 0.2) is 12.1 Å². The Hall–Kier alpha value is -2.75. The second-order valence-corrected chi connectivity index (χ2v) is 4.51. The van der Waals surface area contributed by atoms with Crippen LogP contribution in [0.4, 0.5) is 17.1 Å². The predicted octanol–water partition coefficient (Wildman–Crippen LogP) is 1.22. The van der Waals surface area contributed by atoms with E-state index in [1.165, 1.54) is 5.48 Å². The van der Waals surface area contributed by atoms with Crippen LogP contribution in [-0.2, 0) is 0 Å². The van der Waals surface area contributed by atoms with Gasteiger partial charge < -0.3 is 4.90 Å². The molecular weight excluding hydrogens is 284 g/mol. The second kappa shape index (κ2) is 5.71. The van der Waals surface area contributed by atoms with Crippen molar-refractivity contribution in [1.29, 1.82) is 0 Å². The highest BCUT2D eigenvalue weighted by atomic mass is 16.6. The lowest BCUT2D eigenvalue weighted by atomic mass is 10.1. The molecule has 1 aromatic rings. The van der Waals surface area contributed by atoms with Crippen LogP contribution in [-0.4, -0.2) is 34.1 Å². The van der Waals surface area contributed by atoms with E-state index >= 15 is 0 Å². The average Bonchev–Trinajstić information content (AvgIpc) is 2.98. The number of carbonyl (C=O) groups excluding carboxylic acids is 1. The summed E-state index contributed by atoms with van der Waals surface area (Å²) in [5, 5.41) is 30.9. The van der Waals surface area contributed by atoms with Gasteiger partial charge in [-0.25, -0.2) is 5.48 Å².